The number of anilines is 1. The molecule has 7 nitrogen and oxygen atoms in total. The molecule has 0 spiro atoms. The lowest BCUT2D eigenvalue weighted by Gasteiger charge is -2.39. The molecule has 0 aliphatic carbocycles. The zero-order valence-corrected chi connectivity index (χ0v) is 14.4. The fourth-order valence-corrected chi connectivity index (χ4v) is 3.98. The number of nitrogens with one attached hydrogen (secondary N) is 1. The molecule has 1 saturated heterocycles. The molecular formula is C15H17F2N5O2S. The van der Waals surface area contributed by atoms with Crippen LogP contribution < -0.4 is 4.90 Å². The number of hydrogen-bond donors (Lipinski definition) is 1. The van der Waals surface area contributed by atoms with Gasteiger partial charge in [-0.25, -0.2) is 27.2 Å². The molecule has 4 heterocycles. The normalized spacial score (nSPS) is 21.2. The van der Waals surface area contributed by atoms with E-state index in [0.717, 1.165) is 11.3 Å². The Morgan fingerprint density at radius 1 is 1.28 bits per heavy atom. The molecule has 2 aliphatic heterocycles. The second-order valence-corrected chi connectivity index (χ2v) is 8.44. The van der Waals surface area contributed by atoms with E-state index in [1.54, 1.807) is 0 Å². The van der Waals surface area contributed by atoms with Crippen molar-refractivity contribution in [3.8, 4) is 0 Å². The fraction of sp³-hybridized carbons (Fsp3) is 0.467. The smallest absolute Gasteiger partial charge is 0.282 e. The number of aromatic amines is 1. The van der Waals surface area contributed by atoms with Crippen LogP contribution in [0.2, 0.25) is 0 Å². The van der Waals surface area contributed by atoms with Crippen LogP contribution in [0.4, 0.5) is 14.6 Å². The second kappa shape index (κ2) is 5.46. The average Bonchev–Trinajstić information content (AvgIpc) is 2.96. The Balaban J connectivity index is 1.63. The Hall–Kier alpha value is -2.07. The number of alkyl halides is 2. The lowest BCUT2D eigenvalue weighted by Crippen LogP contribution is -2.56. The van der Waals surface area contributed by atoms with Crippen molar-refractivity contribution in [3.05, 3.63) is 24.2 Å². The highest BCUT2D eigenvalue weighted by molar-refractivity contribution is 7.88. The highest BCUT2D eigenvalue weighted by Gasteiger charge is 2.45. The summed E-state index contributed by atoms with van der Waals surface area (Å²) >= 11 is 0. The molecular weight excluding hydrogens is 352 g/mol. The summed E-state index contributed by atoms with van der Waals surface area (Å²) < 4.78 is 50.9. The van der Waals surface area contributed by atoms with Crippen molar-refractivity contribution in [3.63, 3.8) is 0 Å². The van der Waals surface area contributed by atoms with Crippen LogP contribution in [0.15, 0.2) is 18.5 Å². The summed E-state index contributed by atoms with van der Waals surface area (Å²) in [5.74, 6) is -2.18. The van der Waals surface area contributed by atoms with Crippen molar-refractivity contribution in [1.82, 2.24) is 19.3 Å². The van der Waals surface area contributed by atoms with Gasteiger partial charge in [-0.2, -0.15) is 4.31 Å². The van der Waals surface area contributed by atoms with Crippen LogP contribution in [0.25, 0.3) is 16.6 Å². The van der Waals surface area contributed by atoms with E-state index < -0.39 is 15.9 Å². The van der Waals surface area contributed by atoms with Gasteiger partial charge in [0, 0.05) is 18.8 Å². The first kappa shape index (κ1) is 16.4. The summed E-state index contributed by atoms with van der Waals surface area (Å²) in [7, 11) is -3.20. The van der Waals surface area contributed by atoms with E-state index >= 15 is 0 Å². The SMILES string of the molecule is CS(=O)(=O)N1CC=C(c2cc3c(N4CC(F)(F)C4)ncnc3[nH]2)CC1. The quantitative estimate of drug-likeness (QED) is 0.886. The van der Waals surface area contributed by atoms with E-state index in [1.165, 1.54) is 21.8 Å². The lowest BCUT2D eigenvalue weighted by atomic mass is 10.1. The fourth-order valence-electron chi connectivity index (χ4n) is 3.21. The predicted octanol–water partition coefficient (Wildman–Crippen LogP) is 1.46. The maximum atomic E-state index is 13.1. The zero-order chi connectivity index (χ0) is 17.8. The minimum Gasteiger partial charge on any atom is -0.344 e. The molecule has 0 aromatic carbocycles. The standard InChI is InChI=1S/C15H17F2N5O2S/c1-25(23,24)22-4-2-10(3-5-22)12-6-11-13(20-12)18-9-19-14(11)21-7-15(16,17)8-21/h2,6,9H,3-5,7-8H2,1H3,(H,18,19,20). The van der Waals surface area contributed by atoms with Crippen molar-refractivity contribution >= 4 is 32.4 Å². The van der Waals surface area contributed by atoms with Crippen molar-refractivity contribution in [1.29, 1.82) is 0 Å². The highest BCUT2D eigenvalue weighted by atomic mass is 32.2. The second-order valence-electron chi connectivity index (χ2n) is 6.45. The van der Waals surface area contributed by atoms with Crippen LogP contribution in [-0.2, 0) is 10.0 Å². The maximum absolute atomic E-state index is 13.1. The topological polar surface area (TPSA) is 82.2 Å². The third kappa shape index (κ3) is 2.99. The average molecular weight is 369 g/mol. The number of nitrogens with zero attached hydrogens (tertiary/aromatic N) is 4. The Bertz CT molecular complexity index is 961. The molecule has 0 radical (unpaired) electrons. The first-order valence-corrected chi connectivity index (χ1v) is 9.69. The summed E-state index contributed by atoms with van der Waals surface area (Å²) in [6.45, 7) is 0.0502. The molecule has 2 aliphatic rings. The summed E-state index contributed by atoms with van der Waals surface area (Å²) in [5, 5.41) is 0.694. The number of rotatable bonds is 3. The highest BCUT2D eigenvalue weighted by Crippen LogP contribution is 2.35. The van der Waals surface area contributed by atoms with Crippen molar-refractivity contribution in [2.24, 2.45) is 0 Å². The van der Waals surface area contributed by atoms with Gasteiger partial charge in [0.15, 0.2) is 0 Å². The van der Waals surface area contributed by atoms with Gasteiger partial charge in [0.25, 0.3) is 5.92 Å². The maximum Gasteiger partial charge on any atom is 0.282 e. The van der Waals surface area contributed by atoms with Crippen LogP contribution in [0.1, 0.15) is 12.1 Å². The van der Waals surface area contributed by atoms with Crippen LogP contribution in [-0.4, -0.2) is 66.0 Å². The van der Waals surface area contributed by atoms with Crippen LogP contribution in [0.5, 0.6) is 0 Å². The van der Waals surface area contributed by atoms with Crippen LogP contribution in [0, 0.1) is 0 Å². The monoisotopic (exact) mass is 369 g/mol. The minimum atomic E-state index is -3.20. The van der Waals surface area contributed by atoms with Crippen LogP contribution in [0.3, 0.4) is 0 Å². The van der Waals surface area contributed by atoms with Gasteiger partial charge in [0.05, 0.1) is 24.7 Å². The molecule has 0 unspecified atom stereocenters. The van der Waals surface area contributed by atoms with Crippen LogP contribution >= 0.6 is 0 Å². The Morgan fingerprint density at radius 2 is 2.04 bits per heavy atom. The zero-order valence-electron chi connectivity index (χ0n) is 13.5. The number of sulfonamides is 1. The van der Waals surface area contributed by atoms with E-state index in [2.05, 4.69) is 15.0 Å². The van der Waals surface area contributed by atoms with Gasteiger partial charge in [-0.3, -0.25) is 0 Å². The molecule has 1 N–H and O–H groups in total. The van der Waals surface area contributed by atoms with Gasteiger partial charge in [0.1, 0.15) is 17.8 Å². The first-order chi connectivity index (χ1) is 11.7. The minimum absolute atomic E-state index is 0.320. The van der Waals surface area contributed by atoms with E-state index in [4.69, 9.17) is 0 Å². The van der Waals surface area contributed by atoms with Gasteiger partial charge in [-0.1, -0.05) is 6.08 Å². The number of aromatic nitrogens is 3. The van der Waals surface area contributed by atoms with E-state index in [0.29, 0.717) is 36.4 Å². The summed E-state index contributed by atoms with van der Waals surface area (Å²) in [6.07, 6.45) is 4.99. The number of halogens is 2. The first-order valence-electron chi connectivity index (χ1n) is 7.84. The van der Waals surface area contributed by atoms with E-state index in [1.807, 2.05) is 12.1 Å². The third-order valence-corrected chi connectivity index (χ3v) is 5.81. The number of hydrogen-bond acceptors (Lipinski definition) is 5. The molecule has 1 fully saturated rings. The molecule has 0 bridgehead atoms. The lowest BCUT2D eigenvalue weighted by molar-refractivity contribution is -0.0265. The third-order valence-electron chi connectivity index (χ3n) is 4.54. The Kier molecular flexibility index (Phi) is 3.58. The molecule has 2 aromatic heterocycles. The molecule has 10 heteroatoms. The van der Waals surface area contributed by atoms with Gasteiger partial charge in [-0.15, -0.1) is 0 Å². The number of H-pyrrole nitrogens is 1. The van der Waals surface area contributed by atoms with Gasteiger partial charge in [0.2, 0.25) is 10.0 Å². The van der Waals surface area contributed by atoms with Gasteiger partial charge in [-0.05, 0) is 18.1 Å². The molecule has 0 saturated carbocycles. The number of fused-ring (bicyclic) bond motifs is 1. The largest absolute Gasteiger partial charge is 0.344 e. The summed E-state index contributed by atoms with van der Waals surface area (Å²) in [5.41, 5.74) is 2.39. The summed E-state index contributed by atoms with van der Waals surface area (Å²) in [6, 6.07) is 1.85. The molecule has 4 rings (SSSR count). The molecule has 0 atom stereocenters. The van der Waals surface area contributed by atoms with Gasteiger partial charge >= 0.3 is 0 Å². The predicted molar refractivity (Wildman–Crippen MR) is 90.1 cm³/mol. The van der Waals surface area contributed by atoms with E-state index in [9.17, 15) is 17.2 Å². The Labute approximate surface area is 143 Å². The summed E-state index contributed by atoms with van der Waals surface area (Å²) in [4.78, 5) is 13.0. The Morgan fingerprint density at radius 3 is 2.64 bits per heavy atom. The molecule has 134 valence electrons. The van der Waals surface area contributed by atoms with Crippen molar-refractivity contribution < 1.29 is 17.2 Å². The van der Waals surface area contributed by atoms with Gasteiger partial charge < -0.3 is 9.88 Å². The molecule has 2 aromatic rings. The molecule has 25 heavy (non-hydrogen) atoms. The van der Waals surface area contributed by atoms with E-state index in [-0.39, 0.29) is 13.1 Å². The molecule has 0 amide bonds. The van der Waals surface area contributed by atoms with Crippen molar-refractivity contribution in [2.45, 2.75) is 12.3 Å². The van der Waals surface area contributed by atoms with Crippen molar-refractivity contribution in [2.75, 3.05) is 37.3 Å².